The Kier molecular flexibility index (Phi) is 5.68. The summed E-state index contributed by atoms with van der Waals surface area (Å²) in [6.07, 6.45) is 5.41. The van der Waals surface area contributed by atoms with E-state index in [0.717, 1.165) is 48.3 Å². The summed E-state index contributed by atoms with van der Waals surface area (Å²) < 4.78 is 29.4. The van der Waals surface area contributed by atoms with Crippen LogP contribution in [-0.2, 0) is 0 Å². The summed E-state index contributed by atoms with van der Waals surface area (Å²) in [5.74, 6) is -0.969. The van der Waals surface area contributed by atoms with Gasteiger partial charge in [0.25, 0.3) is 5.92 Å². The van der Waals surface area contributed by atoms with Crippen LogP contribution in [0.15, 0.2) is 36.5 Å². The second-order valence-electron chi connectivity index (χ2n) is 7.39. The standard InChI is InChI=1S/C20H25F2N5S/c1-2-28-27-9-4-16(5-10-27)25-18-13-17-15(14-24-18)3-8-23-19(17)26-11-6-20(21,22)7-12-26/h2-3,8,13-14,16H,1,4-7,9-12H2,(H,24,25). The molecule has 0 amide bonds. The molecule has 0 radical (unpaired) electrons. The minimum Gasteiger partial charge on any atom is -0.367 e. The van der Waals surface area contributed by atoms with Crippen LogP contribution in [0.4, 0.5) is 20.4 Å². The van der Waals surface area contributed by atoms with Crippen molar-refractivity contribution in [2.45, 2.75) is 37.6 Å². The normalized spacial score (nSPS) is 21.0. The number of anilines is 2. The van der Waals surface area contributed by atoms with Gasteiger partial charge in [-0.25, -0.2) is 23.1 Å². The van der Waals surface area contributed by atoms with Crippen LogP contribution in [-0.4, -0.2) is 52.4 Å². The van der Waals surface area contributed by atoms with Crippen LogP contribution in [0.2, 0.25) is 0 Å². The second kappa shape index (κ2) is 8.21. The van der Waals surface area contributed by atoms with Crippen LogP contribution in [0.1, 0.15) is 25.7 Å². The maximum atomic E-state index is 13.5. The summed E-state index contributed by atoms with van der Waals surface area (Å²) in [6, 6.07) is 4.30. The molecule has 150 valence electrons. The number of aromatic nitrogens is 2. The maximum absolute atomic E-state index is 13.5. The highest BCUT2D eigenvalue weighted by Crippen LogP contribution is 2.33. The van der Waals surface area contributed by atoms with E-state index >= 15 is 0 Å². The number of hydrogen-bond donors (Lipinski definition) is 1. The van der Waals surface area contributed by atoms with Crippen molar-refractivity contribution in [3.8, 4) is 0 Å². The van der Waals surface area contributed by atoms with Gasteiger partial charge in [0.1, 0.15) is 11.6 Å². The molecule has 5 nitrogen and oxygen atoms in total. The van der Waals surface area contributed by atoms with E-state index in [4.69, 9.17) is 0 Å². The van der Waals surface area contributed by atoms with E-state index in [-0.39, 0.29) is 12.8 Å². The lowest BCUT2D eigenvalue weighted by Gasteiger charge is -2.33. The summed E-state index contributed by atoms with van der Waals surface area (Å²) >= 11 is 1.67. The highest BCUT2D eigenvalue weighted by atomic mass is 32.2. The fourth-order valence-corrected chi connectivity index (χ4v) is 4.48. The van der Waals surface area contributed by atoms with Crippen molar-refractivity contribution < 1.29 is 8.78 Å². The molecule has 28 heavy (non-hydrogen) atoms. The Hall–Kier alpha value is -1.93. The van der Waals surface area contributed by atoms with Crippen molar-refractivity contribution in [2.24, 2.45) is 0 Å². The van der Waals surface area contributed by atoms with E-state index < -0.39 is 5.92 Å². The van der Waals surface area contributed by atoms with Crippen molar-refractivity contribution in [2.75, 3.05) is 36.4 Å². The predicted octanol–water partition coefficient (Wildman–Crippen LogP) is 4.53. The summed E-state index contributed by atoms with van der Waals surface area (Å²) in [6.45, 7) is 6.44. The van der Waals surface area contributed by atoms with Crippen molar-refractivity contribution in [1.82, 2.24) is 14.3 Å². The number of hydrogen-bond acceptors (Lipinski definition) is 6. The van der Waals surface area contributed by atoms with Crippen molar-refractivity contribution in [3.63, 3.8) is 0 Å². The molecular formula is C20H25F2N5S. The topological polar surface area (TPSA) is 44.3 Å². The van der Waals surface area contributed by atoms with Gasteiger partial charge in [0.15, 0.2) is 0 Å². The molecule has 4 heterocycles. The average molecular weight is 406 g/mol. The van der Waals surface area contributed by atoms with Gasteiger partial charge in [-0.3, -0.25) is 0 Å². The third-order valence-electron chi connectivity index (χ3n) is 5.45. The molecule has 8 heteroatoms. The molecule has 0 saturated carbocycles. The predicted molar refractivity (Wildman–Crippen MR) is 112 cm³/mol. The number of nitrogens with zero attached hydrogens (tertiary/aromatic N) is 4. The SMILES string of the molecule is C=CSN1CCC(Nc2cc3c(N4CCC(F)(F)CC4)nccc3cn2)CC1. The number of rotatable bonds is 5. The van der Waals surface area contributed by atoms with Gasteiger partial charge in [0.05, 0.1) is 0 Å². The van der Waals surface area contributed by atoms with Gasteiger partial charge >= 0.3 is 0 Å². The minimum atomic E-state index is -2.56. The molecule has 0 unspecified atom stereocenters. The maximum Gasteiger partial charge on any atom is 0.251 e. The summed E-state index contributed by atoms with van der Waals surface area (Å²) in [5.41, 5.74) is 0. The van der Waals surface area contributed by atoms with Crippen LogP contribution in [0.3, 0.4) is 0 Å². The Morgan fingerprint density at radius 2 is 1.93 bits per heavy atom. The zero-order valence-electron chi connectivity index (χ0n) is 15.8. The zero-order valence-corrected chi connectivity index (χ0v) is 16.6. The lowest BCUT2D eigenvalue weighted by molar-refractivity contribution is -0.0221. The summed E-state index contributed by atoms with van der Waals surface area (Å²) in [4.78, 5) is 11.0. The van der Waals surface area contributed by atoms with Crippen molar-refractivity contribution in [3.05, 3.63) is 36.5 Å². The molecule has 0 aliphatic carbocycles. The minimum absolute atomic E-state index is 0.122. The molecule has 0 aromatic carbocycles. The number of alkyl halides is 2. The Labute approximate surface area is 168 Å². The molecule has 4 rings (SSSR count). The number of pyridine rings is 2. The van der Waals surface area contributed by atoms with Crippen LogP contribution >= 0.6 is 11.9 Å². The van der Waals surface area contributed by atoms with Crippen LogP contribution in [0.25, 0.3) is 10.8 Å². The van der Waals surface area contributed by atoms with E-state index in [1.165, 1.54) is 0 Å². The molecule has 2 fully saturated rings. The Morgan fingerprint density at radius 3 is 2.64 bits per heavy atom. The van der Waals surface area contributed by atoms with Gasteiger partial charge in [-0.2, -0.15) is 0 Å². The number of nitrogens with one attached hydrogen (secondary N) is 1. The van der Waals surface area contributed by atoms with Gasteiger partial charge in [0.2, 0.25) is 0 Å². The third kappa shape index (κ3) is 4.38. The molecule has 2 aromatic rings. The Morgan fingerprint density at radius 1 is 1.18 bits per heavy atom. The number of piperidine rings is 2. The monoisotopic (exact) mass is 405 g/mol. The second-order valence-corrected chi connectivity index (χ2v) is 8.45. The molecule has 2 saturated heterocycles. The molecule has 0 bridgehead atoms. The number of fused-ring (bicyclic) bond motifs is 1. The van der Waals surface area contributed by atoms with E-state index in [1.54, 1.807) is 18.1 Å². The smallest absolute Gasteiger partial charge is 0.251 e. The van der Waals surface area contributed by atoms with Gasteiger partial charge in [0, 0.05) is 68.2 Å². The van der Waals surface area contributed by atoms with Crippen LogP contribution in [0, 0.1) is 0 Å². The number of halogens is 2. The van der Waals surface area contributed by atoms with E-state index in [1.807, 2.05) is 28.6 Å². The van der Waals surface area contributed by atoms with Gasteiger partial charge in [-0.1, -0.05) is 18.5 Å². The first kappa shape index (κ1) is 19.4. The molecule has 2 aromatic heterocycles. The summed E-state index contributed by atoms with van der Waals surface area (Å²) in [5, 5.41) is 7.34. The van der Waals surface area contributed by atoms with Crippen LogP contribution < -0.4 is 10.2 Å². The Balaban J connectivity index is 1.50. The lowest BCUT2D eigenvalue weighted by atomic mass is 10.1. The molecular weight excluding hydrogens is 380 g/mol. The first-order chi connectivity index (χ1) is 13.5. The van der Waals surface area contributed by atoms with Gasteiger partial charge in [-0.05, 0) is 30.4 Å². The highest BCUT2D eigenvalue weighted by molar-refractivity contribution is 7.99. The fourth-order valence-electron chi connectivity index (χ4n) is 3.85. The quantitative estimate of drug-likeness (QED) is 0.737. The van der Waals surface area contributed by atoms with Crippen LogP contribution in [0.5, 0.6) is 0 Å². The highest BCUT2D eigenvalue weighted by Gasteiger charge is 2.34. The van der Waals surface area contributed by atoms with E-state index in [0.29, 0.717) is 19.1 Å². The van der Waals surface area contributed by atoms with E-state index in [2.05, 4.69) is 26.2 Å². The molecule has 0 spiro atoms. The lowest BCUT2D eigenvalue weighted by Crippen LogP contribution is -2.39. The largest absolute Gasteiger partial charge is 0.367 e. The molecule has 0 atom stereocenters. The first-order valence-corrected chi connectivity index (χ1v) is 10.5. The van der Waals surface area contributed by atoms with Crippen molar-refractivity contribution >= 4 is 34.4 Å². The molecule has 1 N–H and O–H groups in total. The third-order valence-corrected chi connectivity index (χ3v) is 6.26. The zero-order chi connectivity index (χ0) is 19.6. The average Bonchev–Trinajstić information content (AvgIpc) is 2.69. The van der Waals surface area contributed by atoms with Gasteiger partial charge < -0.3 is 10.2 Å². The first-order valence-electron chi connectivity index (χ1n) is 9.71. The fraction of sp³-hybridized carbons (Fsp3) is 0.500. The summed E-state index contributed by atoms with van der Waals surface area (Å²) in [7, 11) is 0. The van der Waals surface area contributed by atoms with Gasteiger partial charge in [-0.15, -0.1) is 0 Å². The van der Waals surface area contributed by atoms with Crippen molar-refractivity contribution in [1.29, 1.82) is 0 Å². The Bertz CT molecular complexity index is 828. The molecule has 2 aliphatic rings. The molecule has 2 aliphatic heterocycles. The van der Waals surface area contributed by atoms with E-state index in [9.17, 15) is 8.78 Å².